The van der Waals surface area contributed by atoms with Gasteiger partial charge in [-0.05, 0) is 58.8 Å². The summed E-state index contributed by atoms with van der Waals surface area (Å²) in [5.74, 6) is -0.867. The van der Waals surface area contributed by atoms with E-state index >= 15 is 0 Å². The molecule has 0 saturated carbocycles. The van der Waals surface area contributed by atoms with E-state index in [1.165, 1.54) is 24.0 Å². The maximum absolute atomic E-state index is 13.4. The highest BCUT2D eigenvalue weighted by Gasteiger charge is 2.23. The number of rotatable bonds is 14. The molecule has 1 aliphatic rings. The lowest BCUT2D eigenvalue weighted by Gasteiger charge is -2.20. The maximum Gasteiger partial charge on any atom is 0.387 e. The van der Waals surface area contributed by atoms with Crippen molar-refractivity contribution in [2.45, 2.75) is 59.1 Å². The van der Waals surface area contributed by atoms with Crippen LogP contribution in [0.25, 0.3) is 6.20 Å². The first-order valence-electron chi connectivity index (χ1n) is 13.9. The van der Waals surface area contributed by atoms with Crippen LogP contribution < -0.4 is 21.1 Å². The quantitative estimate of drug-likeness (QED) is 0.122. The van der Waals surface area contributed by atoms with Gasteiger partial charge in [0, 0.05) is 54.1 Å². The molecule has 42 heavy (non-hydrogen) atoms. The number of alkyl halides is 2. The summed E-state index contributed by atoms with van der Waals surface area (Å²) in [5, 5.41) is 26.8. The van der Waals surface area contributed by atoms with Gasteiger partial charge in [-0.3, -0.25) is 10.2 Å². The minimum atomic E-state index is -3.16. The van der Waals surface area contributed by atoms with Crippen LogP contribution in [0.3, 0.4) is 0 Å². The van der Waals surface area contributed by atoms with Crippen LogP contribution in [0, 0.1) is 17.7 Å². The van der Waals surface area contributed by atoms with Gasteiger partial charge in [-0.1, -0.05) is 25.0 Å². The van der Waals surface area contributed by atoms with E-state index in [2.05, 4.69) is 32.3 Å². The number of carbonyl (C=O) groups excluding carboxylic acids is 1. The molecule has 1 aromatic carbocycles. The van der Waals surface area contributed by atoms with Crippen LogP contribution in [0.5, 0.6) is 5.75 Å². The molecular formula is C30H40F2N8O2. The third-order valence-electron chi connectivity index (χ3n) is 7.16. The van der Waals surface area contributed by atoms with E-state index in [-0.39, 0.29) is 45.6 Å². The van der Waals surface area contributed by atoms with E-state index in [0.717, 1.165) is 44.5 Å². The number of carbonyl (C=O) groups is 1. The second-order valence-electron chi connectivity index (χ2n) is 10.3. The average molecular weight is 583 g/mol. The molecule has 12 heteroatoms. The molecule has 1 fully saturated rings. The summed E-state index contributed by atoms with van der Waals surface area (Å²) in [4.78, 5) is 15.6. The van der Waals surface area contributed by atoms with E-state index in [4.69, 9.17) is 16.6 Å². The number of halogens is 2. The molecule has 0 radical (unpaired) electrons. The summed E-state index contributed by atoms with van der Waals surface area (Å²) < 4.78 is 32.7. The number of nitrogen functional groups attached to an aromatic ring is 1. The summed E-state index contributed by atoms with van der Waals surface area (Å²) in [6.07, 6.45) is 13.6. The molecule has 1 aromatic heterocycles. The summed E-state index contributed by atoms with van der Waals surface area (Å²) in [6, 6.07) is 2.73. The molecule has 0 aliphatic carbocycles. The number of hydrogen-bond donors (Lipinski definition) is 5. The van der Waals surface area contributed by atoms with Crippen LogP contribution in [0.15, 0.2) is 48.0 Å². The normalized spacial score (nSPS) is 16.3. The second kappa shape index (κ2) is 15.1. The zero-order chi connectivity index (χ0) is 30.8. The molecule has 1 aliphatic heterocycles. The summed E-state index contributed by atoms with van der Waals surface area (Å²) >= 11 is 0. The fraction of sp³-hybridized carbons (Fsp3) is 0.400. The van der Waals surface area contributed by atoms with Gasteiger partial charge in [-0.25, -0.2) is 4.68 Å². The molecular weight excluding hydrogens is 542 g/mol. The highest BCUT2D eigenvalue weighted by atomic mass is 19.3. The minimum Gasteiger partial charge on any atom is -0.434 e. The van der Waals surface area contributed by atoms with Gasteiger partial charge in [0.2, 0.25) is 0 Å². The molecule has 0 spiro atoms. The number of hydrogen-bond acceptors (Lipinski definition) is 8. The van der Waals surface area contributed by atoms with Crippen molar-refractivity contribution in [3.8, 4) is 5.75 Å². The van der Waals surface area contributed by atoms with E-state index in [9.17, 15) is 13.6 Å². The van der Waals surface area contributed by atoms with Crippen molar-refractivity contribution in [1.29, 1.82) is 10.8 Å². The largest absolute Gasteiger partial charge is 0.434 e. The van der Waals surface area contributed by atoms with Gasteiger partial charge < -0.3 is 31.4 Å². The van der Waals surface area contributed by atoms with Crippen LogP contribution in [0.2, 0.25) is 0 Å². The van der Waals surface area contributed by atoms with Gasteiger partial charge in [-0.15, -0.1) is 0 Å². The van der Waals surface area contributed by atoms with Gasteiger partial charge in [0.15, 0.2) is 0 Å². The lowest BCUT2D eigenvalue weighted by molar-refractivity contribution is -0.0499. The van der Waals surface area contributed by atoms with E-state index in [1.807, 2.05) is 26.1 Å². The molecule has 3 rings (SSSR count). The van der Waals surface area contributed by atoms with Crippen LogP contribution in [0.1, 0.15) is 66.7 Å². The number of ether oxygens (including phenoxy) is 1. The Balaban J connectivity index is 1.93. The number of likely N-dealkylation sites (tertiary alicyclic amines) is 1. The monoisotopic (exact) mass is 582 g/mol. The predicted octanol–water partition coefficient (Wildman–Crippen LogP) is 4.91. The number of nitrogens with one attached hydrogen (secondary N) is 4. The molecule has 10 nitrogen and oxygen atoms in total. The molecule has 1 amide bonds. The smallest absolute Gasteiger partial charge is 0.387 e. The third-order valence-corrected chi connectivity index (χ3v) is 7.16. The van der Waals surface area contributed by atoms with Crippen LogP contribution in [-0.4, -0.2) is 65.3 Å². The zero-order valence-corrected chi connectivity index (χ0v) is 24.5. The Morgan fingerprint density at radius 2 is 2.10 bits per heavy atom. The van der Waals surface area contributed by atoms with E-state index in [0.29, 0.717) is 12.2 Å². The Morgan fingerprint density at radius 1 is 1.33 bits per heavy atom. The second-order valence-corrected chi connectivity index (χ2v) is 10.3. The molecule has 2 aromatic rings. The maximum atomic E-state index is 13.4. The van der Waals surface area contributed by atoms with Crippen molar-refractivity contribution in [1.82, 2.24) is 25.3 Å². The predicted molar refractivity (Wildman–Crippen MR) is 162 cm³/mol. The Morgan fingerprint density at radius 3 is 2.74 bits per heavy atom. The Kier molecular flexibility index (Phi) is 11.5. The topological polar surface area (TPSA) is 145 Å². The summed E-state index contributed by atoms with van der Waals surface area (Å²) in [5.41, 5.74) is 7.92. The lowest BCUT2D eigenvalue weighted by atomic mass is 10.0. The fourth-order valence-corrected chi connectivity index (χ4v) is 4.73. The average Bonchev–Trinajstić information content (AvgIpc) is 3.52. The molecule has 1 atom stereocenters. The van der Waals surface area contributed by atoms with Crippen molar-refractivity contribution < 1.29 is 18.3 Å². The van der Waals surface area contributed by atoms with Gasteiger partial charge in [0.05, 0.1) is 28.9 Å². The number of allylic oxidation sites excluding steroid dienone is 4. The Bertz CT molecular complexity index is 1380. The highest BCUT2D eigenvalue weighted by Crippen LogP contribution is 2.28. The molecule has 2 heterocycles. The number of likely N-dealkylation sites (N-methyl/N-ethyl adjacent to an activating group) is 1. The first-order valence-corrected chi connectivity index (χ1v) is 13.9. The summed E-state index contributed by atoms with van der Waals surface area (Å²) in [7, 11) is 2.03. The molecule has 6 N–H and O–H groups in total. The van der Waals surface area contributed by atoms with Crippen molar-refractivity contribution in [3.05, 3.63) is 70.3 Å². The van der Waals surface area contributed by atoms with Crippen LogP contribution in [-0.2, 0) is 0 Å². The van der Waals surface area contributed by atoms with Crippen molar-refractivity contribution in [2.75, 3.05) is 25.9 Å². The third kappa shape index (κ3) is 8.35. The SMILES string of the molecule is CCC/C(C)=C/C=C\n1ncc(C(=O)N/C(=C/NCC2CCCN2C)C(=N)c2cc(C=N)c(N)cc2OC(F)F)c1C. The van der Waals surface area contributed by atoms with Gasteiger partial charge >= 0.3 is 6.61 Å². The lowest BCUT2D eigenvalue weighted by Crippen LogP contribution is -2.35. The molecule has 0 bridgehead atoms. The van der Waals surface area contributed by atoms with Crippen LogP contribution in [0.4, 0.5) is 14.5 Å². The number of nitrogens with two attached hydrogens (primary N) is 1. The number of anilines is 1. The zero-order valence-electron chi connectivity index (χ0n) is 24.5. The van der Waals surface area contributed by atoms with Crippen molar-refractivity contribution in [2.24, 2.45) is 0 Å². The standard InChI is InChI=1S/C30H40F2N8O2/c1-5-8-19(2)9-6-12-40-20(3)24(17-37-40)29(41)38-26(18-36-16-22-10-7-11-39(22)4)28(35)23-13-21(15-33)25(34)14-27(23)42-30(31)32/h6,9,12-15,17-18,22,30,33,35-36H,5,7-8,10-11,16,34H2,1-4H3,(H,38,41)/b12-6-,19-9+,26-18+,33-15?,35-28?. The Labute approximate surface area is 245 Å². The minimum absolute atomic E-state index is 0.0290. The summed E-state index contributed by atoms with van der Waals surface area (Å²) in [6.45, 7) is 4.29. The van der Waals surface area contributed by atoms with Crippen LogP contribution >= 0.6 is 0 Å². The highest BCUT2D eigenvalue weighted by molar-refractivity contribution is 6.15. The number of aromatic nitrogens is 2. The first kappa shape index (κ1) is 32.2. The first-order chi connectivity index (χ1) is 20.0. The number of amides is 1. The van der Waals surface area contributed by atoms with E-state index < -0.39 is 12.5 Å². The van der Waals surface area contributed by atoms with Crippen molar-refractivity contribution >= 4 is 29.7 Å². The molecule has 1 saturated heterocycles. The van der Waals surface area contributed by atoms with Gasteiger partial charge in [0.25, 0.3) is 5.91 Å². The van der Waals surface area contributed by atoms with Gasteiger partial charge in [0.1, 0.15) is 5.75 Å². The van der Waals surface area contributed by atoms with Gasteiger partial charge in [-0.2, -0.15) is 13.9 Å². The number of nitrogens with zero attached hydrogens (tertiary/aromatic N) is 3. The molecule has 226 valence electrons. The number of benzene rings is 1. The van der Waals surface area contributed by atoms with E-state index in [1.54, 1.807) is 17.8 Å². The fourth-order valence-electron chi connectivity index (χ4n) is 4.73. The van der Waals surface area contributed by atoms with Crippen molar-refractivity contribution in [3.63, 3.8) is 0 Å². The Hall–Kier alpha value is -4.32. The molecule has 1 unspecified atom stereocenters.